The maximum Gasteiger partial charge on any atom is 0.143 e. The third kappa shape index (κ3) is 4.48. The van der Waals surface area contributed by atoms with Gasteiger partial charge in [0.2, 0.25) is 0 Å². The molecule has 274 valence electrons. The second-order valence-electron chi connectivity index (χ2n) is 17.5. The molecule has 3 heterocycles. The summed E-state index contributed by atoms with van der Waals surface area (Å²) < 4.78 is 11.7. The van der Waals surface area contributed by atoms with Crippen molar-refractivity contribution in [3.63, 3.8) is 0 Å². The SMILES string of the molecule is CC1(C)CCC(C)(C)c2cc3c(cc21)c1c2ccccc2c2c4ccccc4n(-c4cccc(-c5cccc6c5oc5ccccc56)c4)c2c1n3-c1ccccc1. The van der Waals surface area contributed by atoms with Crippen LogP contribution in [0.1, 0.15) is 51.7 Å². The molecule has 0 aliphatic heterocycles. The highest BCUT2D eigenvalue weighted by Gasteiger charge is 2.38. The summed E-state index contributed by atoms with van der Waals surface area (Å²) in [7, 11) is 0. The number of hydrogen-bond acceptors (Lipinski definition) is 1. The minimum Gasteiger partial charge on any atom is -0.455 e. The summed E-state index contributed by atoms with van der Waals surface area (Å²) in [6.07, 6.45) is 2.34. The molecule has 0 N–H and O–H groups in total. The zero-order valence-corrected chi connectivity index (χ0v) is 32.7. The molecule has 57 heavy (non-hydrogen) atoms. The van der Waals surface area contributed by atoms with E-state index in [1.807, 2.05) is 6.07 Å². The standard InChI is InChI=1S/C54H42N2O/c1-53(2)28-29-54(3,4)44-32-46-42(31-43(44)53)49-39-22-9-8-21-38(39)48-41-23-10-12-26-45(41)56(50(48)51(49)55(46)34-17-6-5-7-18-34)35-19-14-16-33(30-35)36-24-15-25-40-37-20-11-13-27-47(37)57-52(36)40/h5-27,30-32H,28-29H2,1-4H3. The highest BCUT2D eigenvalue weighted by atomic mass is 16.3. The second-order valence-corrected chi connectivity index (χ2v) is 17.5. The number of rotatable bonds is 3. The molecule has 12 rings (SSSR count). The van der Waals surface area contributed by atoms with Gasteiger partial charge in [-0.3, -0.25) is 0 Å². The van der Waals surface area contributed by atoms with Gasteiger partial charge in [0.25, 0.3) is 0 Å². The Morgan fingerprint density at radius 2 is 1.00 bits per heavy atom. The van der Waals surface area contributed by atoms with Crippen LogP contribution in [0.15, 0.2) is 162 Å². The number of furan rings is 1. The van der Waals surface area contributed by atoms with Crippen LogP contribution < -0.4 is 0 Å². The van der Waals surface area contributed by atoms with Crippen LogP contribution in [-0.2, 0) is 10.8 Å². The topological polar surface area (TPSA) is 23.0 Å². The summed E-state index contributed by atoms with van der Waals surface area (Å²) in [6, 6.07) is 58.2. The lowest BCUT2D eigenvalue weighted by molar-refractivity contribution is 0.332. The van der Waals surface area contributed by atoms with E-state index >= 15 is 0 Å². The van der Waals surface area contributed by atoms with Crippen LogP contribution >= 0.6 is 0 Å². The van der Waals surface area contributed by atoms with Gasteiger partial charge in [0.15, 0.2) is 0 Å². The van der Waals surface area contributed by atoms with Gasteiger partial charge in [-0.2, -0.15) is 0 Å². The van der Waals surface area contributed by atoms with E-state index in [0.29, 0.717) is 0 Å². The molecule has 11 aromatic rings. The first-order valence-corrected chi connectivity index (χ1v) is 20.3. The normalized spacial score (nSPS) is 15.2. The van der Waals surface area contributed by atoms with Crippen molar-refractivity contribution >= 4 is 76.3 Å². The van der Waals surface area contributed by atoms with Crippen molar-refractivity contribution in [1.29, 1.82) is 0 Å². The lowest BCUT2D eigenvalue weighted by Gasteiger charge is -2.42. The molecule has 8 aromatic carbocycles. The van der Waals surface area contributed by atoms with E-state index in [1.54, 1.807) is 0 Å². The van der Waals surface area contributed by atoms with Crippen LogP contribution in [0, 0.1) is 0 Å². The Labute approximate surface area is 331 Å². The molecule has 0 atom stereocenters. The monoisotopic (exact) mass is 734 g/mol. The largest absolute Gasteiger partial charge is 0.455 e. The molecule has 3 heteroatoms. The molecule has 3 nitrogen and oxygen atoms in total. The summed E-state index contributed by atoms with van der Waals surface area (Å²) in [4.78, 5) is 0. The van der Waals surface area contributed by atoms with Crippen LogP contribution in [0.4, 0.5) is 0 Å². The molecular weight excluding hydrogens is 693 g/mol. The first-order valence-electron chi connectivity index (χ1n) is 20.3. The Hall–Kier alpha value is -6.58. The average molecular weight is 735 g/mol. The van der Waals surface area contributed by atoms with Crippen molar-refractivity contribution in [2.24, 2.45) is 0 Å². The molecule has 0 amide bonds. The number of benzene rings is 8. The molecular formula is C54H42N2O. The predicted octanol–water partition coefficient (Wildman–Crippen LogP) is 14.9. The smallest absolute Gasteiger partial charge is 0.143 e. The number of nitrogens with zero attached hydrogens (tertiary/aromatic N) is 2. The summed E-state index contributed by atoms with van der Waals surface area (Å²) in [5.74, 6) is 0. The van der Waals surface area contributed by atoms with Crippen molar-refractivity contribution in [1.82, 2.24) is 9.13 Å². The van der Waals surface area contributed by atoms with Crippen molar-refractivity contribution in [2.45, 2.75) is 51.4 Å². The van der Waals surface area contributed by atoms with Crippen LogP contribution in [0.25, 0.3) is 98.8 Å². The predicted molar refractivity (Wildman–Crippen MR) is 241 cm³/mol. The Morgan fingerprint density at radius 1 is 0.439 bits per heavy atom. The van der Waals surface area contributed by atoms with Crippen LogP contribution in [0.3, 0.4) is 0 Å². The minimum absolute atomic E-state index is 0.0758. The van der Waals surface area contributed by atoms with E-state index in [2.05, 4.69) is 188 Å². The van der Waals surface area contributed by atoms with E-state index in [-0.39, 0.29) is 10.8 Å². The quantitative estimate of drug-likeness (QED) is 0.177. The molecule has 1 aliphatic rings. The number of para-hydroxylation sites is 4. The fourth-order valence-electron chi connectivity index (χ4n) is 10.4. The van der Waals surface area contributed by atoms with Crippen LogP contribution in [-0.4, -0.2) is 9.13 Å². The Balaban J connectivity index is 1.27. The van der Waals surface area contributed by atoms with Gasteiger partial charge < -0.3 is 13.6 Å². The molecule has 0 spiro atoms. The van der Waals surface area contributed by atoms with Crippen molar-refractivity contribution in [3.8, 4) is 22.5 Å². The maximum atomic E-state index is 6.57. The molecule has 0 saturated heterocycles. The van der Waals surface area contributed by atoms with E-state index in [9.17, 15) is 0 Å². The lowest BCUT2D eigenvalue weighted by Crippen LogP contribution is -2.33. The van der Waals surface area contributed by atoms with Gasteiger partial charge in [0.05, 0.1) is 22.1 Å². The first kappa shape index (κ1) is 32.6. The number of aromatic nitrogens is 2. The van der Waals surface area contributed by atoms with E-state index in [1.165, 1.54) is 84.0 Å². The summed E-state index contributed by atoms with van der Waals surface area (Å²) in [5.41, 5.74) is 14.4. The first-order chi connectivity index (χ1) is 27.8. The Morgan fingerprint density at radius 3 is 1.75 bits per heavy atom. The number of hydrogen-bond donors (Lipinski definition) is 0. The van der Waals surface area contributed by atoms with Crippen molar-refractivity contribution in [2.75, 3.05) is 0 Å². The zero-order valence-electron chi connectivity index (χ0n) is 32.7. The second kappa shape index (κ2) is 11.5. The van der Waals surface area contributed by atoms with Gasteiger partial charge in [-0.15, -0.1) is 0 Å². The minimum atomic E-state index is 0.0758. The Bertz CT molecular complexity index is 3460. The average Bonchev–Trinajstić information content (AvgIpc) is 3.91. The highest BCUT2D eigenvalue weighted by Crippen LogP contribution is 2.52. The fraction of sp³-hybridized carbons (Fsp3) is 0.148. The fourth-order valence-corrected chi connectivity index (χ4v) is 10.4. The summed E-state index contributed by atoms with van der Waals surface area (Å²) in [6.45, 7) is 9.76. The molecule has 0 fully saturated rings. The van der Waals surface area contributed by atoms with Crippen molar-refractivity contribution in [3.05, 3.63) is 169 Å². The van der Waals surface area contributed by atoms with E-state index in [4.69, 9.17) is 4.42 Å². The van der Waals surface area contributed by atoms with Gasteiger partial charge in [0, 0.05) is 49.3 Å². The van der Waals surface area contributed by atoms with Gasteiger partial charge in [0.1, 0.15) is 11.2 Å². The Kier molecular flexibility index (Phi) is 6.58. The highest BCUT2D eigenvalue weighted by molar-refractivity contribution is 6.36. The molecule has 0 bridgehead atoms. The zero-order chi connectivity index (χ0) is 38.2. The summed E-state index contributed by atoms with van der Waals surface area (Å²) in [5, 5.41) is 10.0. The molecule has 0 saturated carbocycles. The van der Waals surface area contributed by atoms with Gasteiger partial charge in [-0.1, -0.05) is 137 Å². The molecule has 1 aliphatic carbocycles. The van der Waals surface area contributed by atoms with Crippen LogP contribution in [0.2, 0.25) is 0 Å². The molecule has 0 unspecified atom stereocenters. The van der Waals surface area contributed by atoms with E-state index in [0.717, 1.165) is 38.8 Å². The summed E-state index contributed by atoms with van der Waals surface area (Å²) >= 11 is 0. The van der Waals surface area contributed by atoms with Gasteiger partial charge in [-0.25, -0.2) is 0 Å². The van der Waals surface area contributed by atoms with E-state index < -0.39 is 0 Å². The third-order valence-electron chi connectivity index (χ3n) is 13.3. The third-order valence-corrected chi connectivity index (χ3v) is 13.3. The van der Waals surface area contributed by atoms with Crippen molar-refractivity contribution < 1.29 is 4.42 Å². The van der Waals surface area contributed by atoms with Crippen LogP contribution in [0.5, 0.6) is 0 Å². The number of fused-ring (bicyclic) bond motifs is 14. The molecule has 3 aromatic heterocycles. The lowest BCUT2D eigenvalue weighted by atomic mass is 9.63. The molecule has 0 radical (unpaired) electrons. The maximum absolute atomic E-state index is 6.57. The van der Waals surface area contributed by atoms with Gasteiger partial charge in [-0.05, 0) is 99.7 Å². The van der Waals surface area contributed by atoms with Gasteiger partial charge >= 0.3 is 0 Å².